The SMILES string of the molecule is O=C1N(CCCc2ccccc2)CCC[C@@]1(O)CNCc1ccccc1F. The lowest BCUT2D eigenvalue weighted by molar-refractivity contribution is -0.156. The molecular formula is C22H27FN2O2. The van der Waals surface area contributed by atoms with E-state index in [0.29, 0.717) is 25.1 Å². The van der Waals surface area contributed by atoms with Gasteiger partial charge in [-0.1, -0.05) is 48.5 Å². The number of hydrogen-bond acceptors (Lipinski definition) is 3. The number of aliphatic hydroxyl groups is 1. The number of likely N-dealkylation sites (tertiary alicyclic amines) is 1. The van der Waals surface area contributed by atoms with E-state index in [4.69, 9.17) is 0 Å². The normalized spacial score (nSPS) is 20.1. The predicted octanol–water partition coefficient (Wildman–Crippen LogP) is 2.90. The number of hydrogen-bond donors (Lipinski definition) is 2. The van der Waals surface area contributed by atoms with E-state index in [1.54, 1.807) is 23.1 Å². The summed E-state index contributed by atoms with van der Waals surface area (Å²) < 4.78 is 13.7. The molecule has 1 fully saturated rings. The molecule has 27 heavy (non-hydrogen) atoms. The second kappa shape index (κ2) is 9.11. The minimum absolute atomic E-state index is 0.134. The summed E-state index contributed by atoms with van der Waals surface area (Å²) in [6.45, 7) is 1.75. The second-order valence-corrected chi connectivity index (χ2v) is 7.21. The minimum atomic E-state index is -1.41. The maximum atomic E-state index is 13.7. The third-order valence-electron chi connectivity index (χ3n) is 5.13. The van der Waals surface area contributed by atoms with Gasteiger partial charge in [0, 0.05) is 31.7 Å². The van der Waals surface area contributed by atoms with Crippen LogP contribution < -0.4 is 5.32 Å². The van der Waals surface area contributed by atoms with Crippen molar-refractivity contribution >= 4 is 5.91 Å². The molecule has 0 aliphatic carbocycles. The third kappa shape index (κ3) is 5.15. The van der Waals surface area contributed by atoms with Crippen LogP contribution in [0, 0.1) is 5.82 Å². The zero-order valence-electron chi connectivity index (χ0n) is 15.5. The number of carbonyl (C=O) groups excluding carboxylic acids is 1. The molecule has 0 bridgehead atoms. The van der Waals surface area contributed by atoms with E-state index < -0.39 is 5.60 Å². The molecule has 1 aliphatic rings. The van der Waals surface area contributed by atoms with Crippen LogP contribution in [-0.4, -0.2) is 41.1 Å². The van der Waals surface area contributed by atoms with Gasteiger partial charge < -0.3 is 15.3 Å². The largest absolute Gasteiger partial charge is 0.379 e. The summed E-state index contributed by atoms with van der Waals surface area (Å²) in [5, 5.41) is 13.9. The molecule has 2 N–H and O–H groups in total. The van der Waals surface area contributed by atoms with Crippen LogP contribution in [-0.2, 0) is 17.8 Å². The van der Waals surface area contributed by atoms with Crippen molar-refractivity contribution in [3.63, 3.8) is 0 Å². The van der Waals surface area contributed by atoms with Gasteiger partial charge in [-0.25, -0.2) is 4.39 Å². The van der Waals surface area contributed by atoms with E-state index >= 15 is 0 Å². The molecule has 0 saturated carbocycles. The van der Waals surface area contributed by atoms with Crippen LogP contribution in [0.15, 0.2) is 54.6 Å². The molecule has 1 amide bonds. The van der Waals surface area contributed by atoms with E-state index in [1.807, 2.05) is 18.2 Å². The van der Waals surface area contributed by atoms with Gasteiger partial charge in [-0.15, -0.1) is 0 Å². The Morgan fingerprint density at radius 2 is 1.85 bits per heavy atom. The van der Waals surface area contributed by atoms with Gasteiger partial charge in [0.15, 0.2) is 5.60 Å². The van der Waals surface area contributed by atoms with Gasteiger partial charge in [0.25, 0.3) is 5.91 Å². The fraction of sp³-hybridized carbons (Fsp3) is 0.409. The zero-order valence-corrected chi connectivity index (χ0v) is 15.5. The predicted molar refractivity (Wildman–Crippen MR) is 104 cm³/mol. The number of halogens is 1. The summed E-state index contributed by atoms with van der Waals surface area (Å²) in [4.78, 5) is 14.5. The van der Waals surface area contributed by atoms with Crippen molar-refractivity contribution in [1.82, 2.24) is 10.2 Å². The van der Waals surface area contributed by atoms with Crippen LogP contribution in [0.5, 0.6) is 0 Å². The van der Waals surface area contributed by atoms with Gasteiger partial charge >= 0.3 is 0 Å². The maximum absolute atomic E-state index is 13.7. The summed E-state index contributed by atoms with van der Waals surface area (Å²) in [6.07, 6.45) is 2.99. The van der Waals surface area contributed by atoms with Crippen LogP contribution in [0.25, 0.3) is 0 Å². The van der Waals surface area contributed by atoms with E-state index in [1.165, 1.54) is 11.6 Å². The Morgan fingerprint density at radius 1 is 1.11 bits per heavy atom. The quantitative estimate of drug-likeness (QED) is 0.751. The van der Waals surface area contributed by atoms with Crippen LogP contribution in [0.2, 0.25) is 0 Å². The van der Waals surface area contributed by atoms with E-state index in [0.717, 1.165) is 19.3 Å². The lowest BCUT2D eigenvalue weighted by Gasteiger charge is -2.38. The fourth-order valence-electron chi connectivity index (χ4n) is 3.61. The number of amides is 1. The molecule has 3 rings (SSSR count). The molecule has 1 atom stereocenters. The third-order valence-corrected chi connectivity index (χ3v) is 5.13. The summed E-state index contributed by atoms with van der Waals surface area (Å²) >= 11 is 0. The Bertz CT molecular complexity index is 753. The van der Waals surface area contributed by atoms with E-state index in [-0.39, 0.29) is 24.8 Å². The highest BCUT2D eigenvalue weighted by molar-refractivity contribution is 5.86. The van der Waals surface area contributed by atoms with Gasteiger partial charge in [-0.05, 0) is 37.3 Å². The average molecular weight is 370 g/mol. The number of nitrogens with zero attached hydrogens (tertiary/aromatic N) is 1. The summed E-state index contributed by atoms with van der Waals surface area (Å²) in [5.41, 5.74) is 0.379. The zero-order chi connectivity index (χ0) is 19.1. The molecule has 5 heteroatoms. The first-order valence-corrected chi connectivity index (χ1v) is 9.58. The molecule has 0 spiro atoms. The van der Waals surface area contributed by atoms with Crippen molar-refractivity contribution < 1.29 is 14.3 Å². The van der Waals surface area contributed by atoms with Crippen LogP contribution in [0.1, 0.15) is 30.4 Å². The second-order valence-electron chi connectivity index (χ2n) is 7.21. The molecule has 4 nitrogen and oxygen atoms in total. The Labute approximate surface area is 160 Å². The Kier molecular flexibility index (Phi) is 6.58. The molecule has 0 radical (unpaired) electrons. The molecule has 1 aliphatic heterocycles. The van der Waals surface area contributed by atoms with Gasteiger partial charge in [-0.3, -0.25) is 4.79 Å². The first-order chi connectivity index (χ1) is 13.1. The molecule has 1 saturated heterocycles. The Hall–Kier alpha value is -2.24. The van der Waals surface area contributed by atoms with Crippen molar-refractivity contribution in [3.05, 3.63) is 71.5 Å². The number of aryl methyl sites for hydroxylation is 1. The summed E-state index contributed by atoms with van der Waals surface area (Å²) in [6, 6.07) is 16.7. The fourth-order valence-corrected chi connectivity index (χ4v) is 3.61. The summed E-state index contributed by atoms with van der Waals surface area (Å²) in [5.74, 6) is -0.502. The lowest BCUT2D eigenvalue weighted by Crippen LogP contribution is -2.58. The highest BCUT2D eigenvalue weighted by Crippen LogP contribution is 2.23. The lowest BCUT2D eigenvalue weighted by atomic mass is 9.91. The highest BCUT2D eigenvalue weighted by atomic mass is 19.1. The maximum Gasteiger partial charge on any atom is 0.255 e. The van der Waals surface area contributed by atoms with Crippen molar-refractivity contribution in [3.8, 4) is 0 Å². The van der Waals surface area contributed by atoms with Gasteiger partial charge in [0.1, 0.15) is 5.82 Å². The highest BCUT2D eigenvalue weighted by Gasteiger charge is 2.41. The molecule has 0 aromatic heterocycles. The van der Waals surface area contributed by atoms with Crippen LogP contribution in [0.3, 0.4) is 0 Å². The van der Waals surface area contributed by atoms with Gasteiger partial charge in [0.05, 0.1) is 0 Å². The molecule has 2 aromatic carbocycles. The first kappa shape index (κ1) is 19.5. The van der Waals surface area contributed by atoms with Gasteiger partial charge in [-0.2, -0.15) is 0 Å². The van der Waals surface area contributed by atoms with Crippen LogP contribution in [0.4, 0.5) is 4.39 Å². The smallest absolute Gasteiger partial charge is 0.255 e. The molecular weight excluding hydrogens is 343 g/mol. The number of rotatable bonds is 8. The molecule has 1 heterocycles. The Morgan fingerprint density at radius 3 is 2.63 bits per heavy atom. The number of benzene rings is 2. The van der Waals surface area contributed by atoms with E-state index in [2.05, 4.69) is 17.4 Å². The standard InChI is InChI=1S/C22H27FN2O2/c23-20-12-5-4-11-19(20)16-24-17-22(27)13-7-15-25(21(22)26)14-6-10-18-8-2-1-3-9-18/h1-5,8-9,11-12,24,27H,6-7,10,13-17H2/t22-/m1/s1. The van der Waals surface area contributed by atoms with Gasteiger partial charge in [0.2, 0.25) is 0 Å². The van der Waals surface area contributed by atoms with Crippen LogP contribution >= 0.6 is 0 Å². The first-order valence-electron chi connectivity index (χ1n) is 9.58. The van der Waals surface area contributed by atoms with Crippen molar-refractivity contribution in [2.75, 3.05) is 19.6 Å². The molecule has 144 valence electrons. The summed E-state index contributed by atoms with van der Waals surface area (Å²) in [7, 11) is 0. The van der Waals surface area contributed by atoms with Crippen molar-refractivity contribution in [2.24, 2.45) is 0 Å². The topological polar surface area (TPSA) is 52.6 Å². The number of piperidine rings is 1. The monoisotopic (exact) mass is 370 g/mol. The van der Waals surface area contributed by atoms with Crippen molar-refractivity contribution in [2.45, 2.75) is 37.8 Å². The number of nitrogens with one attached hydrogen (secondary N) is 1. The number of carbonyl (C=O) groups is 1. The van der Waals surface area contributed by atoms with Crippen molar-refractivity contribution in [1.29, 1.82) is 0 Å². The van der Waals surface area contributed by atoms with E-state index in [9.17, 15) is 14.3 Å². The Balaban J connectivity index is 1.49. The molecule has 0 unspecified atom stereocenters. The molecule has 2 aromatic rings. The minimum Gasteiger partial charge on any atom is -0.379 e. The average Bonchev–Trinajstić information content (AvgIpc) is 2.68.